The van der Waals surface area contributed by atoms with E-state index >= 15 is 0 Å². The molecule has 4 amide bonds. The summed E-state index contributed by atoms with van der Waals surface area (Å²) in [6.45, 7) is 0. The molecule has 4 aromatic rings. The monoisotopic (exact) mass is 458 g/mol. The topological polar surface area (TPSA) is 127 Å². The zero-order chi connectivity index (χ0) is 22.7. The maximum Gasteiger partial charge on any atom is 0.262 e. The lowest BCUT2D eigenvalue weighted by Crippen LogP contribution is -2.54. The Hall–Kier alpha value is -4.25. The molecule has 1 fully saturated rings. The second-order valence-electron chi connectivity index (χ2n) is 7.76. The average Bonchev–Trinajstić information content (AvgIpc) is 3.53. The first-order chi connectivity index (χ1) is 16.0. The highest BCUT2D eigenvalue weighted by Crippen LogP contribution is 2.30. The third-order valence-corrected chi connectivity index (χ3v) is 6.62. The number of carbonyl (C=O) groups is 4. The van der Waals surface area contributed by atoms with Gasteiger partial charge < -0.3 is 0 Å². The molecule has 6 rings (SSSR count). The Morgan fingerprint density at radius 3 is 2.70 bits per heavy atom. The van der Waals surface area contributed by atoms with Crippen LogP contribution in [-0.4, -0.2) is 54.5 Å². The van der Waals surface area contributed by atoms with E-state index in [2.05, 4.69) is 20.6 Å². The molecule has 10 nitrogen and oxygen atoms in total. The van der Waals surface area contributed by atoms with Gasteiger partial charge in [-0.2, -0.15) is 0 Å². The fraction of sp³-hybridized carbons (Fsp3) is 0.136. The summed E-state index contributed by atoms with van der Waals surface area (Å²) in [5.41, 5.74) is 5.10. The lowest BCUT2D eigenvalue weighted by molar-refractivity contribution is -0.136. The van der Waals surface area contributed by atoms with Crippen molar-refractivity contribution in [2.24, 2.45) is 0 Å². The minimum atomic E-state index is -1.00. The Kier molecular flexibility index (Phi) is 4.20. The van der Waals surface area contributed by atoms with Gasteiger partial charge >= 0.3 is 0 Å². The first-order valence-corrected chi connectivity index (χ1v) is 11.0. The van der Waals surface area contributed by atoms with Gasteiger partial charge in [0.25, 0.3) is 11.8 Å². The zero-order valence-corrected chi connectivity index (χ0v) is 17.7. The molecule has 0 aliphatic carbocycles. The van der Waals surface area contributed by atoms with Crippen LogP contribution in [0.3, 0.4) is 0 Å². The fourth-order valence-electron chi connectivity index (χ4n) is 4.14. The number of carbonyl (C=O) groups excluding carboxylic acids is 4. The number of fused-ring (bicyclic) bond motifs is 2. The number of benzene rings is 2. The van der Waals surface area contributed by atoms with Gasteiger partial charge in [-0.15, -0.1) is 16.4 Å². The second-order valence-corrected chi connectivity index (χ2v) is 8.65. The van der Waals surface area contributed by atoms with E-state index in [0.717, 1.165) is 20.7 Å². The number of hydrogen-bond donors (Lipinski definition) is 1. The van der Waals surface area contributed by atoms with E-state index in [-0.39, 0.29) is 24.0 Å². The summed E-state index contributed by atoms with van der Waals surface area (Å²) in [6, 6.07) is 9.62. The van der Waals surface area contributed by atoms with Gasteiger partial charge in [-0.3, -0.25) is 29.4 Å². The minimum absolute atomic E-state index is 0.0729. The predicted octanol–water partition coefficient (Wildman–Crippen LogP) is 1.95. The summed E-state index contributed by atoms with van der Waals surface area (Å²) < 4.78 is 2.60. The number of rotatable bonds is 3. The second kappa shape index (κ2) is 7.14. The molecule has 1 saturated heterocycles. The molecular weight excluding hydrogens is 444 g/mol. The van der Waals surface area contributed by atoms with Crippen LogP contribution in [0.15, 0.2) is 48.1 Å². The van der Waals surface area contributed by atoms with Gasteiger partial charge in [0.05, 0.1) is 38.7 Å². The number of nitrogens with zero attached hydrogens (tertiary/aromatic N) is 5. The van der Waals surface area contributed by atoms with Gasteiger partial charge in [0.2, 0.25) is 11.8 Å². The Morgan fingerprint density at radius 2 is 1.85 bits per heavy atom. The van der Waals surface area contributed by atoms with Crippen LogP contribution in [0.4, 0.5) is 0 Å². The number of thiazole rings is 1. The van der Waals surface area contributed by atoms with Crippen LogP contribution in [0.1, 0.15) is 33.6 Å². The van der Waals surface area contributed by atoms with Crippen molar-refractivity contribution in [3.8, 4) is 16.9 Å². The average molecular weight is 458 g/mol. The molecule has 1 atom stereocenters. The summed E-state index contributed by atoms with van der Waals surface area (Å²) in [5, 5.41) is 10.6. The molecule has 0 saturated carbocycles. The van der Waals surface area contributed by atoms with E-state index in [1.165, 1.54) is 4.68 Å². The molecule has 1 unspecified atom stereocenters. The SMILES string of the molecule is O=C1CCC(N2C(=O)c3ccc(-n4cc(-c5ccc6scnc6c5)nn4)cc3C2=O)C(=O)N1. The standard InChI is InChI=1S/C22H14N6O4S/c29-19-6-4-17(20(30)24-19)28-21(31)13-3-2-12(8-14(13)22(28)32)27-9-16(25-26-27)11-1-5-18-15(7-11)23-10-33-18/h1-3,5,7-10,17H,4,6H2,(H,24,29,30). The number of aromatic nitrogens is 4. The van der Waals surface area contributed by atoms with Crippen LogP contribution in [0.5, 0.6) is 0 Å². The van der Waals surface area contributed by atoms with E-state index in [1.54, 1.807) is 41.2 Å². The quantitative estimate of drug-likeness (QED) is 0.465. The molecule has 2 aromatic heterocycles. The van der Waals surface area contributed by atoms with Crippen molar-refractivity contribution in [1.29, 1.82) is 0 Å². The molecule has 0 radical (unpaired) electrons. The molecule has 4 heterocycles. The lowest BCUT2D eigenvalue weighted by atomic mass is 10.0. The smallest absolute Gasteiger partial charge is 0.262 e. The van der Waals surface area contributed by atoms with Crippen LogP contribution >= 0.6 is 11.3 Å². The summed E-state index contributed by atoms with van der Waals surface area (Å²) >= 11 is 1.56. The van der Waals surface area contributed by atoms with Crippen LogP contribution < -0.4 is 5.32 Å². The van der Waals surface area contributed by atoms with Crippen molar-refractivity contribution in [3.05, 3.63) is 59.2 Å². The van der Waals surface area contributed by atoms with Crippen molar-refractivity contribution < 1.29 is 19.2 Å². The molecule has 11 heteroatoms. The number of amides is 4. The maximum absolute atomic E-state index is 13.0. The molecule has 2 aromatic carbocycles. The maximum atomic E-state index is 13.0. The third kappa shape index (κ3) is 3.04. The van der Waals surface area contributed by atoms with Gasteiger partial charge in [0.1, 0.15) is 11.7 Å². The Morgan fingerprint density at radius 1 is 1.00 bits per heavy atom. The number of piperidine rings is 1. The van der Waals surface area contributed by atoms with Gasteiger partial charge in [-0.25, -0.2) is 9.67 Å². The van der Waals surface area contributed by atoms with Crippen molar-refractivity contribution >= 4 is 45.2 Å². The first kappa shape index (κ1) is 19.4. The van der Waals surface area contributed by atoms with Gasteiger partial charge in [-0.05, 0) is 36.8 Å². The van der Waals surface area contributed by atoms with Crippen molar-refractivity contribution in [2.75, 3.05) is 0 Å². The van der Waals surface area contributed by atoms with E-state index in [1.807, 2.05) is 18.2 Å². The fourth-order valence-corrected chi connectivity index (χ4v) is 4.80. The van der Waals surface area contributed by atoms with Gasteiger partial charge in [0, 0.05) is 12.0 Å². The summed E-state index contributed by atoms with van der Waals surface area (Å²) in [5.74, 6) is -2.17. The van der Waals surface area contributed by atoms with E-state index in [4.69, 9.17) is 0 Å². The highest BCUT2D eigenvalue weighted by Gasteiger charge is 2.44. The van der Waals surface area contributed by atoms with E-state index in [0.29, 0.717) is 11.4 Å². The Labute approximate surface area is 189 Å². The number of nitrogens with one attached hydrogen (secondary N) is 1. The lowest BCUT2D eigenvalue weighted by Gasteiger charge is -2.27. The third-order valence-electron chi connectivity index (χ3n) is 5.81. The normalized spacial score (nSPS) is 18.2. The Bertz CT molecular complexity index is 1510. The molecule has 33 heavy (non-hydrogen) atoms. The molecular formula is C22H14N6O4S. The van der Waals surface area contributed by atoms with Crippen LogP contribution in [0.25, 0.3) is 27.2 Å². The first-order valence-electron chi connectivity index (χ1n) is 10.1. The highest BCUT2D eigenvalue weighted by molar-refractivity contribution is 7.16. The number of imide groups is 2. The number of hydrogen-bond acceptors (Lipinski definition) is 8. The molecule has 2 aliphatic heterocycles. The van der Waals surface area contributed by atoms with Crippen LogP contribution in [0, 0.1) is 0 Å². The molecule has 2 aliphatic rings. The molecule has 1 N–H and O–H groups in total. The summed E-state index contributed by atoms with van der Waals surface area (Å²) in [6.07, 6.45) is 1.91. The van der Waals surface area contributed by atoms with Gasteiger partial charge in [-0.1, -0.05) is 11.3 Å². The van der Waals surface area contributed by atoms with Crippen molar-refractivity contribution in [2.45, 2.75) is 18.9 Å². The molecule has 0 spiro atoms. The van der Waals surface area contributed by atoms with Crippen molar-refractivity contribution in [3.63, 3.8) is 0 Å². The zero-order valence-electron chi connectivity index (χ0n) is 16.9. The van der Waals surface area contributed by atoms with Crippen molar-refractivity contribution in [1.82, 2.24) is 30.2 Å². The summed E-state index contributed by atoms with van der Waals surface area (Å²) in [7, 11) is 0. The minimum Gasteiger partial charge on any atom is -0.295 e. The van der Waals surface area contributed by atoms with Crippen LogP contribution in [-0.2, 0) is 9.59 Å². The molecule has 162 valence electrons. The molecule has 0 bridgehead atoms. The van der Waals surface area contributed by atoms with E-state index in [9.17, 15) is 19.2 Å². The highest BCUT2D eigenvalue weighted by atomic mass is 32.1. The van der Waals surface area contributed by atoms with Gasteiger partial charge in [0.15, 0.2) is 0 Å². The summed E-state index contributed by atoms with van der Waals surface area (Å²) in [4.78, 5) is 54.8. The van der Waals surface area contributed by atoms with Crippen LogP contribution in [0.2, 0.25) is 0 Å². The predicted molar refractivity (Wildman–Crippen MR) is 117 cm³/mol. The van der Waals surface area contributed by atoms with E-state index < -0.39 is 29.7 Å². The Balaban J connectivity index is 1.31. The largest absolute Gasteiger partial charge is 0.295 e.